The Labute approximate surface area is 164 Å². The number of hydrogen-bond acceptors (Lipinski definition) is 4. The van der Waals surface area contributed by atoms with Crippen LogP contribution < -0.4 is 5.32 Å². The zero-order chi connectivity index (χ0) is 19.3. The SMILES string of the molecule is CCOC(=O)c1cn2c(C(=O)NCC34CC5CC(CC(C5)C3)C4)cccc2n1. The predicted octanol–water partition coefficient (Wildman–Crippen LogP) is 3.46. The van der Waals surface area contributed by atoms with Gasteiger partial charge in [-0.3, -0.25) is 9.20 Å². The smallest absolute Gasteiger partial charge is 0.358 e. The quantitative estimate of drug-likeness (QED) is 0.805. The molecule has 28 heavy (non-hydrogen) atoms. The fourth-order valence-electron chi connectivity index (χ4n) is 6.36. The number of fused-ring (bicyclic) bond motifs is 1. The maximum absolute atomic E-state index is 13.0. The summed E-state index contributed by atoms with van der Waals surface area (Å²) in [5.74, 6) is 2.03. The summed E-state index contributed by atoms with van der Waals surface area (Å²) < 4.78 is 6.71. The first-order chi connectivity index (χ1) is 13.5. The lowest BCUT2D eigenvalue weighted by atomic mass is 9.49. The molecule has 6 heteroatoms. The first kappa shape index (κ1) is 17.7. The van der Waals surface area contributed by atoms with E-state index in [1.54, 1.807) is 35.7 Å². The van der Waals surface area contributed by atoms with Gasteiger partial charge in [-0.05, 0) is 80.8 Å². The zero-order valence-electron chi connectivity index (χ0n) is 16.3. The van der Waals surface area contributed by atoms with Crippen molar-refractivity contribution in [3.8, 4) is 0 Å². The summed E-state index contributed by atoms with van der Waals surface area (Å²) in [5.41, 5.74) is 1.60. The van der Waals surface area contributed by atoms with Crippen LogP contribution in [0, 0.1) is 23.2 Å². The maximum atomic E-state index is 13.0. The summed E-state index contributed by atoms with van der Waals surface area (Å²) in [6.07, 6.45) is 9.59. The Bertz CT molecular complexity index is 897. The standard InChI is InChI=1S/C22H27N3O3/c1-2-28-21(27)17-12-25-18(4-3-5-19(25)24-17)20(26)23-13-22-9-14-6-15(10-22)8-16(7-14)11-22/h3-5,12,14-16H,2,6-11,13H2,1H3,(H,23,26). The van der Waals surface area contributed by atoms with Crippen molar-refractivity contribution in [2.24, 2.45) is 23.2 Å². The lowest BCUT2D eigenvalue weighted by Crippen LogP contribution is -2.51. The molecule has 0 radical (unpaired) electrons. The topological polar surface area (TPSA) is 72.7 Å². The zero-order valence-corrected chi connectivity index (χ0v) is 16.3. The largest absolute Gasteiger partial charge is 0.461 e. The molecular weight excluding hydrogens is 354 g/mol. The summed E-state index contributed by atoms with van der Waals surface area (Å²) in [4.78, 5) is 29.3. The fourth-order valence-corrected chi connectivity index (χ4v) is 6.36. The Balaban J connectivity index is 1.34. The summed E-state index contributed by atoms with van der Waals surface area (Å²) in [6, 6.07) is 5.37. The van der Waals surface area contributed by atoms with Gasteiger partial charge in [0.15, 0.2) is 5.69 Å². The van der Waals surface area contributed by atoms with E-state index < -0.39 is 5.97 Å². The number of carbonyl (C=O) groups excluding carboxylic acids is 2. The average molecular weight is 381 g/mol. The van der Waals surface area contributed by atoms with Crippen molar-refractivity contribution in [3.63, 3.8) is 0 Å². The molecular formula is C22H27N3O3. The molecule has 1 N–H and O–H groups in total. The summed E-state index contributed by atoms with van der Waals surface area (Å²) in [6.45, 7) is 2.81. The number of pyridine rings is 1. The molecule has 4 aliphatic carbocycles. The Hall–Kier alpha value is -2.37. The normalized spacial score (nSPS) is 30.5. The molecule has 2 aromatic rings. The second kappa shape index (κ2) is 6.61. The van der Waals surface area contributed by atoms with Crippen LogP contribution in [0.3, 0.4) is 0 Å². The minimum atomic E-state index is -0.467. The van der Waals surface area contributed by atoms with Gasteiger partial charge in [0.1, 0.15) is 11.3 Å². The van der Waals surface area contributed by atoms with Crippen LogP contribution in [0.15, 0.2) is 24.4 Å². The van der Waals surface area contributed by atoms with Crippen molar-refractivity contribution >= 4 is 17.5 Å². The average Bonchev–Trinajstić information content (AvgIpc) is 3.10. The third-order valence-corrected chi connectivity index (χ3v) is 7.00. The van der Waals surface area contributed by atoms with Gasteiger partial charge in [-0.25, -0.2) is 9.78 Å². The first-order valence-corrected chi connectivity index (χ1v) is 10.5. The molecule has 6 rings (SSSR count). The summed E-state index contributed by atoms with van der Waals surface area (Å²) in [7, 11) is 0. The first-order valence-electron chi connectivity index (χ1n) is 10.5. The molecule has 0 spiro atoms. The van der Waals surface area contributed by atoms with Crippen molar-refractivity contribution < 1.29 is 14.3 Å². The number of ether oxygens (including phenoxy) is 1. The third kappa shape index (κ3) is 2.99. The van der Waals surface area contributed by atoms with Gasteiger partial charge in [0.25, 0.3) is 5.91 Å². The maximum Gasteiger partial charge on any atom is 0.358 e. The van der Waals surface area contributed by atoms with Crippen molar-refractivity contribution in [3.05, 3.63) is 35.8 Å². The molecule has 0 unspecified atom stereocenters. The fraction of sp³-hybridized carbons (Fsp3) is 0.591. The van der Waals surface area contributed by atoms with Crippen LogP contribution >= 0.6 is 0 Å². The van der Waals surface area contributed by atoms with Crippen LogP contribution in [0.5, 0.6) is 0 Å². The second-order valence-corrected chi connectivity index (χ2v) is 9.09. The van der Waals surface area contributed by atoms with Gasteiger partial charge in [0.05, 0.1) is 6.61 Å². The van der Waals surface area contributed by atoms with Gasteiger partial charge in [0, 0.05) is 12.7 Å². The van der Waals surface area contributed by atoms with E-state index in [1.165, 1.54) is 38.5 Å². The van der Waals surface area contributed by atoms with Crippen LogP contribution in [-0.4, -0.2) is 34.4 Å². The van der Waals surface area contributed by atoms with E-state index in [1.807, 2.05) is 0 Å². The second-order valence-electron chi connectivity index (χ2n) is 9.09. The van der Waals surface area contributed by atoms with E-state index in [-0.39, 0.29) is 11.6 Å². The molecule has 0 atom stereocenters. The molecule has 4 bridgehead atoms. The molecule has 0 saturated heterocycles. The minimum absolute atomic E-state index is 0.103. The third-order valence-electron chi connectivity index (χ3n) is 7.00. The molecule has 148 valence electrons. The number of nitrogens with zero attached hydrogens (tertiary/aromatic N) is 2. The Morgan fingerprint density at radius 2 is 1.86 bits per heavy atom. The minimum Gasteiger partial charge on any atom is -0.461 e. The molecule has 1 amide bonds. The molecule has 2 aromatic heterocycles. The van der Waals surface area contributed by atoms with E-state index >= 15 is 0 Å². The number of carbonyl (C=O) groups is 2. The highest BCUT2D eigenvalue weighted by Crippen LogP contribution is 2.59. The van der Waals surface area contributed by atoms with Crippen molar-refractivity contribution in [1.29, 1.82) is 0 Å². The summed E-state index contributed by atoms with van der Waals surface area (Å²) >= 11 is 0. The van der Waals surface area contributed by atoms with Gasteiger partial charge in [-0.2, -0.15) is 0 Å². The van der Waals surface area contributed by atoms with Crippen LogP contribution in [0.1, 0.15) is 66.4 Å². The molecule has 6 nitrogen and oxygen atoms in total. The highest BCUT2D eigenvalue weighted by atomic mass is 16.5. The van der Waals surface area contributed by atoms with Crippen molar-refractivity contribution in [2.75, 3.05) is 13.2 Å². The van der Waals surface area contributed by atoms with Crippen molar-refractivity contribution in [2.45, 2.75) is 45.4 Å². The van der Waals surface area contributed by atoms with E-state index in [9.17, 15) is 9.59 Å². The number of imidazole rings is 1. The van der Waals surface area contributed by atoms with Crippen LogP contribution in [0.25, 0.3) is 5.65 Å². The van der Waals surface area contributed by atoms with Gasteiger partial charge in [-0.1, -0.05) is 6.07 Å². The van der Waals surface area contributed by atoms with Gasteiger partial charge in [-0.15, -0.1) is 0 Å². The van der Waals surface area contributed by atoms with Crippen LogP contribution in [-0.2, 0) is 4.74 Å². The molecule has 0 aromatic carbocycles. The van der Waals surface area contributed by atoms with Crippen LogP contribution in [0.2, 0.25) is 0 Å². The van der Waals surface area contributed by atoms with Gasteiger partial charge in [0.2, 0.25) is 0 Å². The monoisotopic (exact) mass is 381 g/mol. The van der Waals surface area contributed by atoms with E-state index in [2.05, 4.69) is 10.3 Å². The Morgan fingerprint density at radius 3 is 2.50 bits per heavy atom. The Morgan fingerprint density at radius 1 is 1.18 bits per heavy atom. The van der Waals surface area contributed by atoms with E-state index in [4.69, 9.17) is 4.74 Å². The number of rotatable bonds is 5. The lowest BCUT2D eigenvalue weighted by molar-refractivity contribution is -0.0503. The number of amides is 1. The highest BCUT2D eigenvalue weighted by molar-refractivity contribution is 5.94. The highest BCUT2D eigenvalue weighted by Gasteiger charge is 2.50. The molecule has 4 aliphatic rings. The van der Waals surface area contributed by atoms with Crippen molar-refractivity contribution in [1.82, 2.24) is 14.7 Å². The molecule has 4 saturated carbocycles. The summed E-state index contributed by atoms with van der Waals surface area (Å²) in [5, 5.41) is 3.21. The number of esters is 1. The predicted molar refractivity (Wildman–Crippen MR) is 104 cm³/mol. The lowest BCUT2D eigenvalue weighted by Gasteiger charge is -2.56. The Kier molecular flexibility index (Phi) is 4.18. The van der Waals surface area contributed by atoms with Crippen LogP contribution in [0.4, 0.5) is 0 Å². The van der Waals surface area contributed by atoms with Gasteiger partial charge >= 0.3 is 5.97 Å². The molecule has 2 heterocycles. The number of aromatic nitrogens is 2. The number of nitrogens with one attached hydrogen (secondary N) is 1. The molecule has 4 fully saturated rings. The van der Waals surface area contributed by atoms with E-state index in [0.29, 0.717) is 23.4 Å². The van der Waals surface area contributed by atoms with Gasteiger partial charge < -0.3 is 10.1 Å². The number of hydrogen-bond donors (Lipinski definition) is 1. The molecule has 0 aliphatic heterocycles. The van der Waals surface area contributed by atoms with E-state index in [0.717, 1.165) is 24.3 Å².